The molecule has 17 heavy (non-hydrogen) atoms. The van der Waals surface area contributed by atoms with Crippen molar-refractivity contribution in [2.24, 2.45) is 0 Å². The molecular weight excluding hydrogens is 294 g/mol. The van der Waals surface area contributed by atoms with Crippen LogP contribution >= 0.6 is 27.3 Å². The molecule has 0 aliphatic carbocycles. The predicted molar refractivity (Wildman–Crippen MR) is 78.5 cm³/mol. The van der Waals surface area contributed by atoms with Crippen molar-refractivity contribution in [1.82, 2.24) is 5.32 Å². The van der Waals surface area contributed by atoms with Gasteiger partial charge in [0.1, 0.15) is 0 Å². The van der Waals surface area contributed by atoms with Crippen LogP contribution in [0.4, 0.5) is 0 Å². The lowest BCUT2D eigenvalue weighted by Gasteiger charge is -2.13. The second-order valence-corrected chi connectivity index (χ2v) is 6.02. The van der Waals surface area contributed by atoms with Crippen molar-refractivity contribution in [3.63, 3.8) is 0 Å². The lowest BCUT2D eigenvalue weighted by Crippen LogP contribution is -2.17. The monoisotopic (exact) mass is 309 g/mol. The molecule has 1 aromatic carbocycles. The number of halogens is 1. The normalized spacial score (nSPS) is 12.6. The van der Waals surface area contributed by atoms with Crippen LogP contribution in [0, 0.1) is 6.92 Å². The van der Waals surface area contributed by atoms with Crippen LogP contribution in [0.2, 0.25) is 0 Å². The summed E-state index contributed by atoms with van der Waals surface area (Å²) in [6, 6.07) is 11.2. The van der Waals surface area contributed by atoms with Crippen molar-refractivity contribution >= 4 is 27.3 Å². The maximum Gasteiger partial charge on any atom is 0.0400 e. The van der Waals surface area contributed by atoms with Crippen LogP contribution in [0.25, 0.3) is 0 Å². The first kappa shape index (κ1) is 12.8. The summed E-state index contributed by atoms with van der Waals surface area (Å²) >= 11 is 5.36. The Morgan fingerprint density at radius 2 is 1.94 bits per heavy atom. The number of nitrogens with one attached hydrogen (secondary N) is 1. The van der Waals surface area contributed by atoms with E-state index in [1.807, 2.05) is 0 Å². The van der Waals surface area contributed by atoms with Gasteiger partial charge in [0.15, 0.2) is 0 Å². The molecule has 2 rings (SSSR count). The van der Waals surface area contributed by atoms with E-state index in [0.29, 0.717) is 6.04 Å². The Balaban J connectivity index is 1.94. The van der Waals surface area contributed by atoms with Crippen molar-refractivity contribution < 1.29 is 0 Å². The smallest absolute Gasteiger partial charge is 0.0400 e. The second kappa shape index (κ2) is 5.80. The third-order valence-electron chi connectivity index (χ3n) is 2.77. The number of hydrogen-bond acceptors (Lipinski definition) is 2. The molecule has 0 radical (unpaired) electrons. The minimum atomic E-state index is 0.380. The van der Waals surface area contributed by atoms with Crippen LogP contribution in [-0.2, 0) is 6.54 Å². The van der Waals surface area contributed by atoms with Gasteiger partial charge in [-0.2, -0.15) is 0 Å². The van der Waals surface area contributed by atoms with Crippen LogP contribution in [-0.4, -0.2) is 0 Å². The van der Waals surface area contributed by atoms with E-state index in [0.717, 1.165) is 6.54 Å². The number of thiophene rings is 1. The zero-order valence-corrected chi connectivity index (χ0v) is 12.4. The number of rotatable bonds is 4. The second-order valence-electron chi connectivity index (χ2n) is 4.22. The number of hydrogen-bond donors (Lipinski definition) is 1. The van der Waals surface area contributed by atoms with Crippen LogP contribution in [0.3, 0.4) is 0 Å². The highest BCUT2D eigenvalue weighted by atomic mass is 79.9. The van der Waals surface area contributed by atoms with E-state index in [2.05, 4.69) is 70.8 Å². The Bertz CT molecular complexity index is 475. The molecule has 90 valence electrons. The van der Waals surface area contributed by atoms with Crippen molar-refractivity contribution in [2.75, 3.05) is 0 Å². The average molecular weight is 310 g/mol. The Morgan fingerprint density at radius 1 is 1.24 bits per heavy atom. The largest absolute Gasteiger partial charge is 0.305 e. The summed E-state index contributed by atoms with van der Waals surface area (Å²) in [5.74, 6) is 0. The lowest BCUT2D eigenvalue weighted by molar-refractivity contribution is 0.581. The van der Waals surface area contributed by atoms with Gasteiger partial charge in [-0.25, -0.2) is 0 Å². The molecule has 0 spiro atoms. The summed E-state index contributed by atoms with van der Waals surface area (Å²) in [7, 11) is 0. The highest BCUT2D eigenvalue weighted by molar-refractivity contribution is 9.10. The van der Waals surface area contributed by atoms with E-state index < -0.39 is 0 Å². The summed E-state index contributed by atoms with van der Waals surface area (Å²) in [6.07, 6.45) is 0. The van der Waals surface area contributed by atoms with E-state index in [1.54, 1.807) is 11.3 Å². The molecule has 0 saturated carbocycles. The Kier molecular flexibility index (Phi) is 4.37. The number of aryl methyl sites for hydroxylation is 1. The third-order valence-corrected chi connectivity index (χ3v) is 4.82. The minimum absolute atomic E-state index is 0.380. The molecule has 0 aliphatic heterocycles. The minimum Gasteiger partial charge on any atom is -0.305 e. The van der Waals surface area contributed by atoms with E-state index in [9.17, 15) is 0 Å². The van der Waals surface area contributed by atoms with Crippen LogP contribution in [0.1, 0.15) is 29.0 Å². The van der Waals surface area contributed by atoms with Gasteiger partial charge in [-0.15, -0.1) is 11.3 Å². The van der Waals surface area contributed by atoms with Gasteiger partial charge in [-0.05, 0) is 46.8 Å². The molecule has 0 fully saturated rings. The molecule has 3 heteroatoms. The molecule has 2 aromatic rings. The van der Waals surface area contributed by atoms with Gasteiger partial charge in [0.05, 0.1) is 0 Å². The van der Waals surface area contributed by atoms with Crippen molar-refractivity contribution in [1.29, 1.82) is 0 Å². The van der Waals surface area contributed by atoms with Gasteiger partial charge >= 0.3 is 0 Å². The molecule has 1 unspecified atom stereocenters. The quantitative estimate of drug-likeness (QED) is 0.865. The molecule has 0 bridgehead atoms. The Hall–Kier alpha value is -0.640. The standard InChI is InChI=1S/C14H16BrNS/c1-10-3-5-12(6-4-10)9-16-11(2)14-13(15)7-8-17-14/h3-8,11,16H,9H2,1-2H3. The van der Waals surface area contributed by atoms with E-state index in [1.165, 1.54) is 20.5 Å². The maximum absolute atomic E-state index is 3.57. The summed E-state index contributed by atoms with van der Waals surface area (Å²) < 4.78 is 1.20. The van der Waals surface area contributed by atoms with Crippen LogP contribution in [0.15, 0.2) is 40.2 Å². The van der Waals surface area contributed by atoms with Gasteiger partial charge in [0.2, 0.25) is 0 Å². The van der Waals surface area contributed by atoms with Crippen LogP contribution < -0.4 is 5.32 Å². The predicted octanol–water partition coefficient (Wildman–Crippen LogP) is 4.67. The van der Waals surface area contributed by atoms with Gasteiger partial charge in [-0.1, -0.05) is 29.8 Å². The topological polar surface area (TPSA) is 12.0 Å². The first-order chi connectivity index (χ1) is 8.16. The zero-order chi connectivity index (χ0) is 12.3. The molecule has 1 aromatic heterocycles. The van der Waals surface area contributed by atoms with Gasteiger partial charge in [0.25, 0.3) is 0 Å². The molecule has 1 atom stereocenters. The summed E-state index contributed by atoms with van der Waals surface area (Å²) in [6.45, 7) is 5.22. The molecule has 1 nitrogen and oxygen atoms in total. The molecule has 1 N–H and O–H groups in total. The fourth-order valence-corrected chi connectivity index (χ4v) is 3.43. The first-order valence-electron chi connectivity index (χ1n) is 5.68. The molecule has 0 amide bonds. The van der Waals surface area contributed by atoms with E-state index in [4.69, 9.17) is 0 Å². The Labute approximate surface area is 115 Å². The zero-order valence-electron chi connectivity index (χ0n) is 10.0. The fourth-order valence-electron chi connectivity index (χ4n) is 1.68. The van der Waals surface area contributed by atoms with Crippen molar-refractivity contribution in [2.45, 2.75) is 26.4 Å². The first-order valence-corrected chi connectivity index (χ1v) is 7.36. The molecular formula is C14H16BrNS. The summed E-state index contributed by atoms with van der Waals surface area (Å²) in [5.41, 5.74) is 2.64. The fraction of sp³-hybridized carbons (Fsp3) is 0.286. The third kappa shape index (κ3) is 3.41. The van der Waals surface area contributed by atoms with Gasteiger partial charge < -0.3 is 5.32 Å². The highest BCUT2D eigenvalue weighted by Gasteiger charge is 2.09. The van der Waals surface area contributed by atoms with Gasteiger partial charge in [-0.3, -0.25) is 0 Å². The average Bonchev–Trinajstić information content (AvgIpc) is 2.74. The van der Waals surface area contributed by atoms with Crippen LogP contribution in [0.5, 0.6) is 0 Å². The molecule has 1 heterocycles. The maximum atomic E-state index is 3.57. The highest BCUT2D eigenvalue weighted by Crippen LogP contribution is 2.28. The van der Waals surface area contributed by atoms with E-state index in [-0.39, 0.29) is 0 Å². The lowest BCUT2D eigenvalue weighted by atomic mass is 10.1. The Morgan fingerprint density at radius 3 is 2.53 bits per heavy atom. The number of benzene rings is 1. The van der Waals surface area contributed by atoms with Crippen molar-refractivity contribution in [3.05, 3.63) is 56.2 Å². The van der Waals surface area contributed by atoms with Gasteiger partial charge in [0, 0.05) is 21.9 Å². The molecule has 0 aliphatic rings. The molecule has 0 saturated heterocycles. The van der Waals surface area contributed by atoms with E-state index >= 15 is 0 Å². The van der Waals surface area contributed by atoms with Crippen molar-refractivity contribution in [3.8, 4) is 0 Å². The summed E-state index contributed by atoms with van der Waals surface area (Å²) in [5, 5.41) is 5.66. The summed E-state index contributed by atoms with van der Waals surface area (Å²) in [4.78, 5) is 1.36. The SMILES string of the molecule is Cc1ccc(CNC(C)c2sccc2Br)cc1.